The number of anilines is 1. The molecule has 8 nitrogen and oxygen atoms in total. The summed E-state index contributed by atoms with van der Waals surface area (Å²) < 4.78 is 0. The first-order chi connectivity index (χ1) is 15.8. The van der Waals surface area contributed by atoms with Gasteiger partial charge in [0.2, 0.25) is 11.8 Å². The minimum absolute atomic E-state index is 0.0789. The molecule has 2 N–H and O–H groups in total. The van der Waals surface area contributed by atoms with Crippen LogP contribution in [-0.2, 0) is 14.4 Å². The van der Waals surface area contributed by atoms with E-state index in [1.165, 1.54) is 6.92 Å². The first-order valence-electron chi connectivity index (χ1n) is 11.9. The van der Waals surface area contributed by atoms with Gasteiger partial charge in [0.25, 0.3) is 0 Å². The van der Waals surface area contributed by atoms with Crippen molar-refractivity contribution in [1.29, 1.82) is 0 Å². The van der Waals surface area contributed by atoms with E-state index in [0.29, 0.717) is 30.5 Å². The van der Waals surface area contributed by atoms with Crippen molar-refractivity contribution in [2.45, 2.75) is 58.4 Å². The Morgan fingerprint density at radius 2 is 1.76 bits per heavy atom. The first kappa shape index (κ1) is 26.7. The lowest BCUT2D eigenvalue weighted by Crippen LogP contribution is -2.51. The van der Waals surface area contributed by atoms with E-state index >= 15 is 0 Å². The Labute approximate surface area is 197 Å². The van der Waals surface area contributed by atoms with Crippen LogP contribution in [0.5, 0.6) is 0 Å². The van der Waals surface area contributed by atoms with Crippen molar-refractivity contribution in [3.63, 3.8) is 0 Å². The van der Waals surface area contributed by atoms with Crippen molar-refractivity contribution in [2.75, 3.05) is 45.1 Å². The van der Waals surface area contributed by atoms with Crippen LogP contribution in [0, 0.1) is 0 Å². The summed E-state index contributed by atoms with van der Waals surface area (Å²) in [6.07, 6.45) is 3.94. The summed E-state index contributed by atoms with van der Waals surface area (Å²) in [6.45, 7) is 7.09. The molecule has 0 unspecified atom stereocenters. The van der Waals surface area contributed by atoms with E-state index in [2.05, 4.69) is 27.5 Å². The molecule has 1 heterocycles. The Bertz CT molecular complexity index is 818. The van der Waals surface area contributed by atoms with E-state index in [1.807, 2.05) is 6.92 Å². The maximum absolute atomic E-state index is 13.0. The quantitative estimate of drug-likeness (QED) is 0.348. The zero-order valence-electron chi connectivity index (χ0n) is 20.2. The summed E-state index contributed by atoms with van der Waals surface area (Å²) in [7, 11) is 2.06. The van der Waals surface area contributed by atoms with Gasteiger partial charge in [0, 0.05) is 50.3 Å². The monoisotopic (exact) mass is 458 g/mol. The summed E-state index contributed by atoms with van der Waals surface area (Å²) in [5.74, 6) is -0.301. The number of likely N-dealkylation sites (N-methyl/N-ethyl adjacent to an activating group) is 1. The van der Waals surface area contributed by atoms with Crippen LogP contribution < -0.4 is 10.6 Å². The van der Waals surface area contributed by atoms with Crippen LogP contribution in [0.1, 0.15) is 62.7 Å². The van der Waals surface area contributed by atoms with Gasteiger partial charge in [0.1, 0.15) is 11.8 Å². The van der Waals surface area contributed by atoms with Crippen molar-refractivity contribution in [3.05, 3.63) is 29.8 Å². The van der Waals surface area contributed by atoms with Crippen LogP contribution in [-0.4, -0.2) is 79.0 Å². The number of ketones is 2. The number of unbranched alkanes of at least 4 members (excludes halogenated alkanes) is 2. The molecule has 2 rings (SSSR count). The number of hydrogen-bond donors (Lipinski definition) is 2. The largest absolute Gasteiger partial charge is 0.343 e. The Kier molecular flexibility index (Phi) is 11.2. The van der Waals surface area contributed by atoms with Gasteiger partial charge in [-0.05, 0) is 38.9 Å². The summed E-state index contributed by atoms with van der Waals surface area (Å²) in [4.78, 5) is 53.1. The average molecular weight is 459 g/mol. The lowest BCUT2D eigenvalue weighted by Gasteiger charge is -2.32. The zero-order valence-corrected chi connectivity index (χ0v) is 20.2. The van der Waals surface area contributed by atoms with Gasteiger partial charge < -0.3 is 15.5 Å². The van der Waals surface area contributed by atoms with Gasteiger partial charge in [0.05, 0.1) is 6.54 Å². The molecule has 1 aliphatic heterocycles. The number of nitrogens with zero attached hydrogens (tertiary/aromatic N) is 2. The number of Topliss-reactive ketones (excluding diaryl/α,β-unsaturated/α-hetero) is 2. The number of benzene rings is 1. The van der Waals surface area contributed by atoms with Crippen molar-refractivity contribution in [2.24, 2.45) is 0 Å². The summed E-state index contributed by atoms with van der Waals surface area (Å²) in [5, 5.41) is 5.74. The van der Waals surface area contributed by atoms with Gasteiger partial charge >= 0.3 is 0 Å². The molecule has 8 heteroatoms. The molecule has 0 spiro atoms. The number of carbonyl (C=O) groups excluding carboxylic acids is 4. The number of hydrogen-bond acceptors (Lipinski definition) is 6. The molecule has 1 fully saturated rings. The maximum Gasteiger partial charge on any atom is 0.246 e. The van der Waals surface area contributed by atoms with Crippen LogP contribution in [0.15, 0.2) is 24.3 Å². The molecule has 1 aromatic rings. The molecular weight excluding hydrogens is 420 g/mol. The van der Waals surface area contributed by atoms with E-state index < -0.39 is 6.04 Å². The van der Waals surface area contributed by atoms with Gasteiger partial charge in [-0.1, -0.05) is 31.9 Å². The summed E-state index contributed by atoms with van der Waals surface area (Å²) >= 11 is 0. The Morgan fingerprint density at radius 1 is 1.03 bits per heavy atom. The van der Waals surface area contributed by atoms with Crippen LogP contribution in [0.25, 0.3) is 0 Å². The molecule has 2 amide bonds. The third-order valence-electron chi connectivity index (χ3n) is 5.99. The minimum Gasteiger partial charge on any atom is -0.343 e. The first-order valence-corrected chi connectivity index (χ1v) is 11.9. The number of piperazine rings is 1. The molecule has 1 saturated heterocycles. The normalized spacial score (nSPS) is 15.6. The Morgan fingerprint density at radius 3 is 2.42 bits per heavy atom. The van der Waals surface area contributed by atoms with E-state index in [1.54, 1.807) is 24.3 Å². The lowest BCUT2D eigenvalue weighted by molar-refractivity contribution is -0.127. The highest BCUT2D eigenvalue weighted by atomic mass is 16.2. The van der Waals surface area contributed by atoms with E-state index in [0.717, 1.165) is 45.4 Å². The lowest BCUT2D eigenvalue weighted by atomic mass is 10.0. The van der Waals surface area contributed by atoms with Crippen molar-refractivity contribution in [3.8, 4) is 0 Å². The van der Waals surface area contributed by atoms with Gasteiger partial charge in [-0.15, -0.1) is 0 Å². The molecule has 33 heavy (non-hydrogen) atoms. The molecule has 0 aromatic heterocycles. The summed E-state index contributed by atoms with van der Waals surface area (Å²) in [6, 6.07) is 6.11. The second kappa shape index (κ2) is 13.9. The molecule has 1 aromatic carbocycles. The third-order valence-corrected chi connectivity index (χ3v) is 5.99. The highest BCUT2D eigenvalue weighted by Gasteiger charge is 2.23. The predicted octanol–water partition coefficient (Wildman–Crippen LogP) is 2.49. The zero-order chi connectivity index (χ0) is 24.2. The molecule has 0 radical (unpaired) electrons. The highest BCUT2D eigenvalue weighted by molar-refractivity contribution is 5.99. The van der Waals surface area contributed by atoms with Crippen LogP contribution in [0.4, 0.5) is 5.69 Å². The van der Waals surface area contributed by atoms with Crippen molar-refractivity contribution in [1.82, 2.24) is 15.1 Å². The van der Waals surface area contributed by atoms with Gasteiger partial charge in [-0.2, -0.15) is 0 Å². The van der Waals surface area contributed by atoms with Crippen LogP contribution >= 0.6 is 0 Å². The average Bonchev–Trinajstić information content (AvgIpc) is 2.79. The van der Waals surface area contributed by atoms with Gasteiger partial charge in [-0.3, -0.25) is 24.1 Å². The molecule has 0 aliphatic carbocycles. The Balaban J connectivity index is 1.95. The van der Waals surface area contributed by atoms with Crippen LogP contribution in [0.3, 0.4) is 0 Å². The molecule has 182 valence electrons. The van der Waals surface area contributed by atoms with Crippen molar-refractivity contribution >= 4 is 29.1 Å². The molecule has 1 atom stereocenters. The fourth-order valence-corrected chi connectivity index (χ4v) is 3.79. The van der Waals surface area contributed by atoms with E-state index in [4.69, 9.17) is 0 Å². The fourth-order valence-electron chi connectivity index (χ4n) is 3.79. The number of amides is 2. The predicted molar refractivity (Wildman–Crippen MR) is 129 cm³/mol. The standard InChI is InChI=1S/C25H38N4O4/c1-4-22(31)11-6-5-7-12-23(27-24(32)18-29-15-13-28(3)14-16-29)25(33)26-21-10-8-9-20(17-21)19(2)30/h8-10,17,23H,4-7,11-16,18H2,1-3H3,(H,26,33)(H,27,32)/t23-/m0/s1. The SMILES string of the molecule is CCC(=O)CCCCC[C@H](NC(=O)CN1CCN(C)CC1)C(=O)Nc1cccc(C(C)=O)c1. The maximum atomic E-state index is 13.0. The van der Waals surface area contributed by atoms with Gasteiger partial charge in [0.15, 0.2) is 5.78 Å². The fraction of sp³-hybridized carbons (Fsp3) is 0.600. The smallest absolute Gasteiger partial charge is 0.246 e. The van der Waals surface area contributed by atoms with Crippen LogP contribution in [0.2, 0.25) is 0 Å². The Hall–Kier alpha value is -2.58. The molecule has 1 aliphatic rings. The third kappa shape index (κ3) is 9.84. The molecular formula is C25H38N4O4. The molecule has 0 bridgehead atoms. The number of carbonyl (C=O) groups is 4. The number of rotatable bonds is 13. The van der Waals surface area contributed by atoms with Gasteiger partial charge in [-0.25, -0.2) is 0 Å². The number of nitrogens with one attached hydrogen (secondary N) is 2. The molecule has 0 saturated carbocycles. The highest BCUT2D eigenvalue weighted by Crippen LogP contribution is 2.14. The minimum atomic E-state index is -0.673. The van der Waals surface area contributed by atoms with Crippen molar-refractivity contribution < 1.29 is 19.2 Å². The van der Waals surface area contributed by atoms with E-state index in [9.17, 15) is 19.2 Å². The topological polar surface area (TPSA) is 98.8 Å². The summed E-state index contributed by atoms with van der Waals surface area (Å²) in [5.41, 5.74) is 1.05. The second-order valence-corrected chi connectivity index (χ2v) is 8.82. The second-order valence-electron chi connectivity index (χ2n) is 8.82. The van der Waals surface area contributed by atoms with E-state index in [-0.39, 0.29) is 29.9 Å².